The van der Waals surface area contributed by atoms with Crippen molar-refractivity contribution in [1.82, 2.24) is 0 Å². The second kappa shape index (κ2) is 7.04. The molecule has 1 unspecified atom stereocenters. The maximum absolute atomic E-state index is 6.14. The highest BCUT2D eigenvalue weighted by Gasteiger charge is 2.13. The molecular formula is C17H18BrCl2N. The van der Waals surface area contributed by atoms with Crippen molar-refractivity contribution in [3.63, 3.8) is 0 Å². The van der Waals surface area contributed by atoms with E-state index in [1.165, 1.54) is 16.8 Å². The van der Waals surface area contributed by atoms with Crippen LogP contribution in [0.3, 0.4) is 0 Å². The van der Waals surface area contributed by atoms with Crippen molar-refractivity contribution in [3.05, 3.63) is 61.5 Å². The van der Waals surface area contributed by atoms with Crippen LogP contribution in [0, 0.1) is 13.8 Å². The first-order valence-electron chi connectivity index (χ1n) is 6.90. The zero-order valence-electron chi connectivity index (χ0n) is 12.3. The number of rotatable bonds is 4. The maximum atomic E-state index is 6.14. The molecule has 0 amide bonds. The van der Waals surface area contributed by atoms with E-state index in [-0.39, 0.29) is 6.04 Å². The maximum Gasteiger partial charge on any atom is 0.0595 e. The topological polar surface area (TPSA) is 12.0 Å². The third-order valence-electron chi connectivity index (χ3n) is 3.57. The van der Waals surface area contributed by atoms with Gasteiger partial charge in [-0.1, -0.05) is 52.1 Å². The number of hydrogen-bond acceptors (Lipinski definition) is 1. The SMILES string of the molecule is CCC(Nc1c(C)cc(Br)cc1C)c1ccc(Cl)c(Cl)c1. The summed E-state index contributed by atoms with van der Waals surface area (Å²) in [5.74, 6) is 0. The summed E-state index contributed by atoms with van der Waals surface area (Å²) in [6.07, 6.45) is 0.965. The van der Waals surface area contributed by atoms with E-state index in [0.29, 0.717) is 10.0 Å². The van der Waals surface area contributed by atoms with E-state index in [0.717, 1.165) is 16.5 Å². The molecule has 0 heterocycles. The Balaban J connectivity index is 2.33. The fraction of sp³-hybridized carbons (Fsp3) is 0.294. The van der Waals surface area contributed by atoms with Crippen molar-refractivity contribution in [3.8, 4) is 0 Å². The van der Waals surface area contributed by atoms with E-state index in [4.69, 9.17) is 23.2 Å². The third-order valence-corrected chi connectivity index (χ3v) is 4.77. The van der Waals surface area contributed by atoms with Gasteiger partial charge in [0, 0.05) is 10.2 Å². The molecule has 1 atom stereocenters. The summed E-state index contributed by atoms with van der Waals surface area (Å²) in [4.78, 5) is 0. The Bertz CT molecular complexity index is 632. The number of hydrogen-bond donors (Lipinski definition) is 1. The van der Waals surface area contributed by atoms with E-state index in [1.807, 2.05) is 18.2 Å². The second-order valence-electron chi connectivity index (χ2n) is 5.19. The lowest BCUT2D eigenvalue weighted by Crippen LogP contribution is -2.11. The summed E-state index contributed by atoms with van der Waals surface area (Å²) in [5, 5.41) is 4.82. The average molecular weight is 387 g/mol. The summed E-state index contributed by atoms with van der Waals surface area (Å²) in [6, 6.07) is 10.3. The molecule has 4 heteroatoms. The summed E-state index contributed by atoms with van der Waals surface area (Å²) >= 11 is 15.7. The predicted molar refractivity (Wildman–Crippen MR) is 96.7 cm³/mol. The highest BCUT2D eigenvalue weighted by atomic mass is 79.9. The summed E-state index contributed by atoms with van der Waals surface area (Å²) in [5.41, 5.74) is 4.77. The molecule has 1 nitrogen and oxygen atoms in total. The molecule has 0 saturated heterocycles. The van der Waals surface area contributed by atoms with Crippen molar-refractivity contribution in [1.29, 1.82) is 0 Å². The van der Waals surface area contributed by atoms with Crippen LogP contribution in [-0.4, -0.2) is 0 Å². The van der Waals surface area contributed by atoms with Crippen LogP contribution in [0.25, 0.3) is 0 Å². The molecule has 0 bridgehead atoms. The van der Waals surface area contributed by atoms with Crippen molar-refractivity contribution >= 4 is 44.8 Å². The lowest BCUT2D eigenvalue weighted by molar-refractivity contribution is 0.747. The van der Waals surface area contributed by atoms with Crippen molar-refractivity contribution in [2.75, 3.05) is 5.32 Å². The fourth-order valence-electron chi connectivity index (χ4n) is 2.46. The largest absolute Gasteiger partial charge is 0.378 e. The Morgan fingerprint density at radius 1 is 1.05 bits per heavy atom. The van der Waals surface area contributed by atoms with Gasteiger partial charge in [-0.15, -0.1) is 0 Å². The van der Waals surface area contributed by atoms with Crippen LogP contribution in [0.5, 0.6) is 0 Å². The molecule has 2 aromatic rings. The van der Waals surface area contributed by atoms with Crippen LogP contribution in [0.15, 0.2) is 34.8 Å². The van der Waals surface area contributed by atoms with Crippen LogP contribution in [0.1, 0.15) is 36.1 Å². The number of aryl methyl sites for hydroxylation is 2. The predicted octanol–water partition coefficient (Wildman–Crippen LogP) is 6.94. The van der Waals surface area contributed by atoms with Crippen LogP contribution in [0.2, 0.25) is 10.0 Å². The number of nitrogens with one attached hydrogen (secondary N) is 1. The summed E-state index contributed by atoms with van der Waals surface area (Å²) < 4.78 is 1.10. The molecule has 0 saturated carbocycles. The average Bonchev–Trinajstić information content (AvgIpc) is 2.41. The summed E-state index contributed by atoms with van der Waals surface area (Å²) in [7, 11) is 0. The molecule has 0 aliphatic rings. The van der Waals surface area contributed by atoms with Gasteiger partial charge in [0.25, 0.3) is 0 Å². The number of halogens is 3. The van der Waals surface area contributed by atoms with Gasteiger partial charge in [-0.25, -0.2) is 0 Å². The zero-order valence-corrected chi connectivity index (χ0v) is 15.4. The highest BCUT2D eigenvalue weighted by molar-refractivity contribution is 9.10. The Kier molecular flexibility index (Phi) is 5.59. The van der Waals surface area contributed by atoms with Gasteiger partial charge in [-0.3, -0.25) is 0 Å². The Morgan fingerprint density at radius 3 is 2.19 bits per heavy atom. The Morgan fingerprint density at radius 2 is 1.67 bits per heavy atom. The van der Waals surface area contributed by atoms with E-state index >= 15 is 0 Å². The smallest absolute Gasteiger partial charge is 0.0595 e. The molecule has 0 radical (unpaired) electrons. The van der Waals surface area contributed by atoms with E-state index in [9.17, 15) is 0 Å². The van der Waals surface area contributed by atoms with Gasteiger partial charge < -0.3 is 5.32 Å². The van der Waals surface area contributed by atoms with Crippen LogP contribution < -0.4 is 5.32 Å². The van der Waals surface area contributed by atoms with Crippen molar-refractivity contribution in [2.24, 2.45) is 0 Å². The zero-order chi connectivity index (χ0) is 15.6. The Hall–Kier alpha value is -0.700. The minimum Gasteiger partial charge on any atom is -0.378 e. The second-order valence-corrected chi connectivity index (χ2v) is 6.92. The Labute approximate surface area is 144 Å². The van der Waals surface area contributed by atoms with E-state index < -0.39 is 0 Å². The molecule has 2 rings (SSSR count). The summed E-state index contributed by atoms with van der Waals surface area (Å²) in [6.45, 7) is 6.38. The quantitative estimate of drug-likeness (QED) is 0.600. The molecule has 21 heavy (non-hydrogen) atoms. The van der Waals surface area contributed by atoms with Gasteiger partial charge in [0.1, 0.15) is 0 Å². The van der Waals surface area contributed by atoms with Crippen LogP contribution in [-0.2, 0) is 0 Å². The monoisotopic (exact) mass is 385 g/mol. The molecule has 0 aromatic heterocycles. The molecule has 112 valence electrons. The first-order chi connectivity index (χ1) is 9.92. The van der Waals surface area contributed by atoms with Crippen LogP contribution in [0.4, 0.5) is 5.69 Å². The normalized spacial score (nSPS) is 12.3. The lowest BCUT2D eigenvalue weighted by atomic mass is 10.0. The third kappa shape index (κ3) is 3.94. The minimum absolute atomic E-state index is 0.207. The lowest BCUT2D eigenvalue weighted by Gasteiger charge is -2.22. The number of anilines is 1. The molecule has 1 N–H and O–H groups in total. The van der Waals surface area contributed by atoms with E-state index in [1.54, 1.807) is 0 Å². The first kappa shape index (κ1) is 16.7. The number of benzene rings is 2. The van der Waals surface area contributed by atoms with Gasteiger partial charge in [-0.05, 0) is 61.2 Å². The van der Waals surface area contributed by atoms with E-state index in [2.05, 4.69) is 54.2 Å². The molecular weight excluding hydrogens is 369 g/mol. The molecule has 0 aliphatic heterocycles. The fourth-order valence-corrected chi connectivity index (χ4v) is 3.46. The minimum atomic E-state index is 0.207. The molecule has 0 fully saturated rings. The van der Waals surface area contributed by atoms with Gasteiger partial charge in [-0.2, -0.15) is 0 Å². The first-order valence-corrected chi connectivity index (χ1v) is 8.45. The molecule has 0 spiro atoms. The molecule has 0 aliphatic carbocycles. The van der Waals surface area contributed by atoms with Gasteiger partial charge in [0.2, 0.25) is 0 Å². The van der Waals surface area contributed by atoms with Gasteiger partial charge in [0.05, 0.1) is 16.1 Å². The van der Waals surface area contributed by atoms with Crippen molar-refractivity contribution in [2.45, 2.75) is 33.2 Å². The highest BCUT2D eigenvalue weighted by Crippen LogP contribution is 2.32. The van der Waals surface area contributed by atoms with Crippen LogP contribution >= 0.6 is 39.1 Å². The van der Waals surface area contributed by atoms with Gasteiger partial charge >= 0.3 is 0 Å². The standard InChI is InChI=1S/C17H18BrCl2N/c1-4-16(12-5-6-14(19)15(20)9-12)21-17-10(2)7-13(18)8-11(17)3/h5-9,16,21H,4H2,1-3H3. The van der Waals surface area contributed by atoms with Crippen molar-refractivity contribution < 1.29 is 0 Å². The van der Waals surface area contributed by atoms with Gasteiger partial charge in [0.15, 0.2) is 0 Å². The molecule has 2 aromatic carbocycles.